The van der Waals surface area contributed by atoms with Crippen LogP contribution < -0.4 is 0 Å². The molecule has 0 amide bonds. The second-order valence-corrected chi connectivity index (χ2v) is 10.2. The van der Waals surface area contributed by atoms with Crippen molar-refractivity contribution in [2.24, 2.45) is 0 Å². The summed E-state index contributed by atoms with van der Waals surface area (Å²) in [6, 6.07) is 0. The van der Waals surface area contributed by atoms with Gasteiger partial charge in [-0.1, -0.05) is 70.4 Å². The van der Waals surface area contributed by atoms with Crippen LogP contribution in [0.15, 0.2) is 6.20 Å². The quantitative estimate of drug-likeness (QED) is 0.0947. The number of aromatic nitrogens is 3. The molecule has 0 spiro atoms. The summed E-state index contributed by atoms with van der Waals surface area (Å²) in [6.45, 7) is 8.89. The van der Waals surface area contributed by atoms with E-state index in [1.54, 1.807) is 10.9 Å². The Bertz CT molecular complexity index is 798. The van der Waals surface area contributed by atoms with Gasteiger partial charge in [-0.3, -0.25) is 14.4 Å². The van der Waals surface area contributed by atoms with E-state index in [1.807, 2.05) is 13.8 Å². The van der Waals surface area contributed by atoms with Gasteiger partial charge in [-0.2, -0.15) is 0 Å². The fourth-order valence-corrected chi connectivity index (χ4v) is 3.87. The van der Waals surface area contributed by atoms with Crippen LogP contribution in [-0.2, 0) is 46.3 Å². The molecule has 1 aromatic rings. The molecule has 0 saturated carbocycles. The van der Waals surface area contributed by atoms with Gasteiger partial charge < -0.3 is 18.9 Å². The molecule has 1 atom stereocenters. The largest absolute Gasteiger partial charge is 0.463 e. The maximum Gasteiger partial charge on any atom is 0.306 e. The van der Waals surface area contributed by atoms with Crippen molar-refractivity contribution in [2.75, 3.05) is 19.8 Å². The molecule has 224 valence electrons. The Labute approximate surface area is 234 Å². The monoisotopic (exact) mass is 553 g/mol. The van der Waals surface area contributed by atoms with E-state index in [0.717, 1.165) is 57.8 Å². The molecule has 1 unspecified atom stereocenters. The van der Waals surface area contributed by atoms with E-state index in [1.165, 1.54) is 6.42 Å². The van der Waals surface area contributed by atoms with Gasteiger partial charge in [0.05, 0.1) is 31.4 Å². The first-order valence-electron chi connectivity index (χ1n) is 14.8. The molecule has 1 heterocycles. The van der Waals surface area contributed by atoms with Crippen LogP contribution in [-0.4, -0.2) is 64.9 Å². The summed E-state index contributed by atoms with van der Waals surface area (Å²) in [5.74, 6) is -0.926. The van der Waals surface area contributed by atoms with Crippen molar-refractivity contribution in [3.8, 4) is 0 Å². The number of aryl methyl sites for hydroxylation is 1. The van der Waals surface area contributed by atoms with Gasteiger partial charge >= 0.3 is 17.9 Å². The number of ether oxygens (including phenoxy) is 4. The highest BCUT2D eigenvalue weighted by molar-refractivity contribution is 5.70. The fraction of sp³-hybridized carbons (Fsp3) is 0.828. The topological polar surface area (TPSA) is 119 Å². The lowest BCUT2D eigenvalue weighted by atomic mass is 10.1. The SMILES string of the molecule is CCCCCCCC(=O)OCC(Cn1cc(CCC(=O)OCCOC(C)C)nn1)OC(=O)CCCCCCC. The number of esters is 3. The summed E-state index contributed by atoms with van der Waals surface area (Å²) in [7, 11) is 0. The normalized spacial score (nSPS) is 11.9. The minimum absolute atomic E-state index is 0.0324. The molecule has 0 aromatic carbocycles. The van der Waals surface area contributed by atoms with Gasteiger partial charge in [-0.15, -0.1) is 5.10 Å². The molecule has 1 aromatic heterocycles. The Balaban J connectivity index is 2.54. The Kier molecular flexibility index (Phi) is 19.8. The number of hydrogen-bond acceptors (Lipinski definition) is 9. The van der Waals surface area contributed by atoms with Crippen molar-refractivity contribution < 1.29 is 33.3 Å². The van der Waals surface area contributed by atoms with Crippen molar-refractivity contribution in [3.63, 3.8) is 0 Å². The molecule has 0 aliphatic rings. The third-order valence-electron chi connectivity index (χ3n) is 6.06. The van der Waals surface area contributed by atoms with Gasteiger partial charge in [0.1, 0.15) is 13.2 Å². The summed E-state index contributed by atoms with van der Waals surface area (Å²) < 4.78 is 23.2. The van der Waals surface area contributed by atoms with Gasteiger partial charge in [0.15, 0.2) is 6.10 Å². The molecule has 0 N–H and O–H groups in total. The minimum Gasteiger partial charge on any atom is -0.463 e. The van der Waals surface area contributed by atoms with Gasteiger partial charge in [0.2, 0.25) is 0 Å². The van der Waals surface area contributed by atoms with E-state index in [2.05, 4.69) is 24.2 Å². The molecular weight excluding hydrogens is 502 g/mol. The van der Waals surface area contributed by atoms with Crippen molar-refractivity contribution in [1.82, 2.24) is 15.0 Å². The van der Waals surface area contributed by atoms with E-state index in [4.69, 9.17) is 18.9 Å². The summed E-state index contributed by atoms with van der Waals surface area (Å²) in [4.78, 5) is 36.6. The highest BCUT2D eigenvalue weighted by atomic mass is 16.6. The Hall–Kier alpha value is -2.49. The molecule has 0 aliphatic heterocycles. The van der Waals surface area contributed by atoms with E-state index < -0.39 is 6.10 Å². The number of carbonyl (C=O) groups is 3. The smallest absolute Gasteiger partial charge is 0.306 e. The van der Waals surface area contributed by atoms with Crippen LogP contribution in [0.25, 0.3) is 0 Å². The van der Waals surface area contributed by atoms with Crippen LogP contribution in [0, 0.1) is 0 Å². The van der Waals surface area contributed by atoms with E-state index in [-0.39, 0.29) is 50.2 Å². The molecule has 0 bridgehead atoms. The van der Waals surface area contributed by atoms with Crippen molar-refractivity contribution >= 4 is 17.9 Å². The number of rotatable bonds is 24. The van der Waals surface area contributed by atoms with E-state index in [9.17, 15) is 14.4 Å². The molecule has 0 radical (unpaired) electrons. The van der Waals surface area contributed by atoms with Crippen LogP contribution >= 0.6 is 0 Å². The first-order valence-corrected chi connectivity index (χ1v) is 14.8. The third-order valence-corrected chi connectivity index (χ3v) is 6.06. The second kappa shape index (κ2) is 22.3. The van der Waals surface area contributed by atoms with E-state index >= 15 is 0 Å². The Morgan fingerprint density at radius 1 is 0.795 bits per heavy atom. The highest BCUT2D eigenvalue weighted by Crippen LogP contribution is 2.10. The molecule has 0 fully saturated rings. The molecular formula is C29H51N3O7. The standard InChI is InChI=1S/C29H51N3O7/c1-5-7-9-11-13-15-27(33)38-23-26(39-29(35)16-14-12-10-8-6-2)22-32-21-25(30-31-32)17-18-28(34)37-20-19-36-24(3)4/h21,24,26H,5-20,22-23H2,1-4H3. The first-order chi connectivity index (χ1) is 18.8. The zero-order valence-corrected chi connectivity index (χ0v) is 24.7. The predicted molar refractivity (Wildman–Crippen MR) is 148 cm³/mol. The summed E-state index contributed by atoms with van der Waals surface area (Å²) in [6.07, 6.45) is 12.7. The van der Waals surface area contributed by atoms with Crippen LogP contribution in [0.3, 0.4) is 0 Å². The molecule has 1 rings (SSSR count). The van der Waals surface area contributed by atoms with Crippen LogP contribution in [0.5, 0.6) is 0 Å². The summed E-state index contributed by atoms with van der Waals surface area (Å²) in [5, 5.41) is 8.21. The first kappa shape index (κ1) is 34.5. The van der Waals surface area contributed by atoms with Crippen LogP contribution in [0.4, 0.5) is 0 Å². The Morgan fingerprint density at radius 2 is 1.41 bits per heavy atom. The lowest BCUT2D eigenvalue weighted by Crippen LogP contribution is -2.30. The summed E-state index contributed by atoms with van der Waals surface area (Å²) in [5.41, 5.74) is 0.621. The highest BCUT2D eigenvalue weighted by Gasteiger charge is 2.19. The Morgan fingerprint density at radius 3 is 2.05 bits per heavy atom. The maximum atomic E-state index is 12.5. The average Bonchev–Trinajstić information content (AvgIpc) is 3.35. The van der Waals surface area contributed by atoms with Gasteiger partial charge in [0.25, 0.3) is 0 Å². The van der Waals surface area contributed by atoms with Crippen molar-refractivity contribution in [1.29, 1.82) is 0 Å². The predicted octanol–water partition coefficient (Wildman–Crippen LogP) is 5.35. The van der Waals surface area contributed by atoms with Gasteiger partial charge in [0, 0.05) is 25.5 Å². The van der Waals surface area contributed by atoms with Crippen LogP contribution in [0.1, 0.15) is 117 Å². The fourth-order valence-electron chi connectivity index (χ4n) is 3.87. The molecule has 10 heteroatoms. The molecule has 10 nitrogen and oxygen atoms in total. The number of nitrogens with zero attached hydrogens (tertiary/aromatic N) is 3. The number of carbonyl (C=O) groups excluding carboxylic acids is 3. The molecule has 0 aliphatic carbocycles. The lowest BCUT2D eigenvalue weighted by molar-refractivity contribution is -0.160. The summed E-state index contributed by atoms with van der Waals surface area (Å²) >= 11 is 0. The zero-order chi connectivity index (χ0) is 28.7. The van der Waals surface area contributed by atoms with Gasteiger partial charge in [-0.05, 0) is 26.7 Å². The maximum absolute atomic E-state index is 12.5. The lowest BCUT2D eigenvalue weighted by Gasteiger charge is -2.18. The minimum atomic E-state index is -0.669. The zero-order valence-electron chi connectivity index (χ0n) is 24.7. The average molecular weight is 554 g/mol. The second-order valence-electron chi connectivity index (χ2n) is 10.2. The number of unbranched alkanes of at least 4 members (excludes halogenated alkanes) is 8. The van der Waals surface area contributed by atoms with E-state index in [0.29, 0.717) is 31.6 Å². The van der Waals surface area contributed by atoms with Crippen molar-refractivity contribution in [3.05, 3.63) is 11.9 Å². The van der Waals surface area contributed by atoms with Crippen molar-refractivity contribution in [2.45, 2.75) is 136 Å². The molecule has 0 saturated heterocycles. The van der Waals surface area contributed by atoms with Gasteiger partial charge in [-0.25, -0.2) is 4.68 Å². The van der Waals surface area contributed by atoms with Crippen LogP contribution in [0.2, 0.25) is 0 Å². The third kappa shape index (κ3) is 19.3. The number of hydrogen-bond donors (Lipinski definition) is 0. The molecule has 39 heavy (non-hydrogen) atoms.